The summed E-state index contributed by atoms with van der Waals surface area (Å²) in [6.45, 7) is 3.71. The minimum Gasteiger partial charge on any atom is -0.417 e. The van der Waals surface area contributed by atoms with Crippen molar-refractivity contribution in [3.05, 3.63) is 46.6 Å². The van der Waals surface area contributed by atoms with Crippen molar-refractivity contribution in [2.45, 2.75) is 19.8 Å². The maximum atomic E-state index is 11.8. The monoisotopic (exact) mass is 323 g/mol. The summed E-state index contributed by atoms with van der Waals surface area (Å²) in [5.74, 6) is -0.0690. The van der Waals surface area contributed by atoms with Crippen LogP contribution in [0.5, 0.6) is 0 Å². The molecule has 0 aliphatic rings. The zero-order valence-corrected chi connectivity index (χ0v) is 13.1. The van der Waals surface area contributed by atoms with E-state index in [1.165, 1.54) is 0 Å². The summed E-state index contributed by atoms with van der Waals surface area (Å²) in [5.41, 5.74) is 0.872. The molecule has 0 saturated heterocycles. The average molecular weight is 324 g/mol. The second-order valence-corrected chi connectivity index (χ2v) is 4.98. The van der Waals surface area contributed by atoms with Crippen LogP contribution >= 0.6 is 11.6 Å². The highest BCUT2D eigenvalue weighted by Crippen LogP contribution is 2.18. The first kappa shape index (κ1) is 16.5. The van der Waals surface area contributed by atoms with Crippen LogP contribution in [0.4, 0.5) is 0 Å². The lowest BCUT2D eigenvalue weighted by atomic mass is 10.1. The normalized spacial score (nSPS) is 10.6. The van der Waals surface area contributed by atoms with Gasteiger partial charge in [0.2, 0.25) is 5.89 Å². The smallest absolute Gasteiger partial charge is 0.308 e. The van der Waals surface area contributed by atoms with Crippen molar-refractivity contribution < 1.29 is 13.9 Å². The summed E-state index contributed by atoms with van der Waals surface area (Å²) in [6.07, 6.45) is 1.13. The lowest BCUT2D eigenvalue weighted by Gasteiger charge is -2.02. The Morgan fingerprint density at radius 1 is 1.36 bits per heavy atom. The third kappa shape index (κ3) is 4.82. The van der Waals surface area contributed by atoms with Crippen LogP contribution in [0.2, 0.25) is 5.02 Å². The molecule has 22 heavy (non-hydrogen) atoms. The van der Waals surface area contributed by atoms with E-state index in [4.69, 9.17) is 20.8 Å². The molecule has 2 rings (SSSR count). The van der Waals surface area contributed by atoms with Gasteiger partial charge in [-0.3, -0.25) is 4.79 Å². The standard InChI is InChI=1S/C15H18ClN3O3/c1-2-21-9-5-8-17-14(20)15-19-18-13(22-15)10-11-6-3-4-7-12(11)16/h3-4,6-7H,2,5,8-10H2,1H3,(H,17,20). The number of aromatic nitrogens is 2. The van der Waals surface area contributed by atoms with Crippen LogP contribution in [0.25, 0.3) is 0 Å². The van der Waals surface area contributed by atoms with E-state index in [1.807, 2.05) is 25.1 Å². The van der Waals surface area contributed by atoms with Gasteiger partial charge in [-0.15, -0.1) is 10.2 Å². The molecule has 1 amide bonds. The number of nitrogens with one attached hydrogen (secondary N) is 1. The van der Waals surface area contributed by atoms with Gasteiger partial charge in [0.15, 0.2) is 0 Å². The van der Waals surface area contributed by atoms with E-state index < -0.39 is 0 Å². The van der Waals surface area contributed by atoms with Crippen molar-refractivity contribution in [1.29, 1.82) is 0 Å². The van der Waals surface area contributed by atoms with Crippen LogP contribution in [-0.4, -0.2) is 35.9 Å². The van der Waals surface area contributed by atoms with Crippen molar-refractivity contribution in [2.75, 3.05) is 19.8 Å². The summed E-state index contributed by atoms with van der Waals surface area (Å²) < 4.78 is 10.5. The molecule has 6 nitrogen and oxygen atoms in total. The lowest BCUT2D eigenvalue weighted by Crippen LogP contribution is -2.25. The maximum absolute atomic E-state index is 11.8. The fourth-order valence-electron chi connectivity index (χ4n) is 1.82. The molecule has 0 spiro atoms. The fourth-order valence-corrected chi connectivity index (χ4v) is 2.02. The van der Waals surface area contributed by atoms with E-state index in [9.17, 15) is 4.79 Å². The zero-order chi connectivity index (χ0) is 15.8. The van der Waals surface area contributed by atoms with Crippen LogP contribution in [0, 0.1) is 0 Å². The summed E-state index contributed by atoms with van der Waals surface area (Å²) >= 11 is 6.07. The van der Waals surface area contributed by atoms with Gasteiger partial charge in [0.25, 0.3) is 0 Å². The number of ether oxygens (including phenoxy) is 1. The Labute approximate surface area is 133 Å². The van der Waals surface area contributed by atoms with Gasteiger partial charge in [-0.05, 0) is 25.0 Å². The highest BCUT2D eigenvalue weighted by Gasteiger charge is 2.15. The molecule has 0 saturated carbocycles. The number of benzene rings is 1. The van der Waals surface area contributed by atoms with Gasteiger partial charge in [-0.1, -0.05) is 29.8 Å². The summed E-state index contributed by atoms with van der Waals surface area (Å²) in [7, 11) is 0. The average Bonchev–Trinajstić information content (AvgIpc) is 2.98. The predicted octanol–water partition coefficient (Wildman–Crippen LogP) is 2.47. The Hall–Kier alpha value is -1.92. The largest absolute Gasteiger partial charge is 0.417 e. The summed E-state index contributed by atoms with van der Waals surface area (Å²) in [5, 5.41) is 11.0. The second-order valence-electron chi connectivity index (χ2n) is 4.58. The first-order valence-corrected chi connectivity index (χ1v) is 7.50. The molecule has 1 aromatic heterocycles. The number of nitrogens with zero attached hydrogens (tertiary/aromatic N) is 2. The molecular formula is C15H18ClN3O3. The van der Waals surface area contributed by atoms with Gasteiger partial charge in [0.05, 0.1) is 6.42 Å². The van der Waals surface area contributed by atoms with Crippen molar-refractivity contribution in [3.8, 4) is 0 Å². The van der Waals surface area contributed by atoms with Gasteiger partial charge in [-0.25, -0.2) is 0 Å². The molecular weight excluding hydrogens is 306 g/mol. The SMILES string of the molecule is CCOCCCNC(=O)c1nnc(Cc2ccccc2Cl)o1. The van der Waals surface area contributed by atoms with Crippen LogP contribution in [0.1, 0.15) is 35.5 Å². The van der Waals surface area contributed by atoms with Crippen molar-refractivity contribution in [2.24, 2.45) is 0 Å². The van der Waals surface area contributed by atoms with Gasteiger partial charge in [0.1, 0.15) is 0 Å². The van der Waals surface area contributed by atoms with Gasteiger partial charge >= 0.3 is 11.8 Å². The Balaban J connectivity index is 1.85. The van der Waals surface area contributed by atoms with Gasteiger partial charge < -0.3 is 14.5 Å². The Morgan fingerprint density at radius 3 is 2.95 bits per heavy atom. The predicted molar refractivity (Wildman–Crippen MR) is 82.0 cm³/mol. The number of amides is 1. The van der Waals surface area contributed by atoms with Crippen molar-refractivity contribution in [3.63, 3.8) is 0 Å². The summed E-state index contributed by atoms with van der Waals surface area (Å²) in [4.78, 5) is 11.8. The van der Waals surface area contributed by atoms with E-state index >= 15 is 0 Å². The molecule has 0 radical (unpaired) electrons. The zero-order valence-electron chi connectivity index (χ0n) is 12.3. The highest BCUT2D eigenvalue weighted by atomic mass is 35.5. The first-order valence-electron chi connectivity index (χ1n) is 7.12. The van der Waals surface area contributed by atoms with Crippen LogP contribution in [0.15, 0.2) is 28.7 Å². The topological polar surface area (TPSA) is 77.2 Å². The maximum Gasteiger partial charge on any atom is 0.308 e. The minimum absolute atomic E-state index is 0.0431. The number of carbonyl (C=O) groups excluding carboxylic acids is 1. The molecule has 0 aliphatic heterocycles. The molecule has 0 unspecified atom stereocenters. The van der Waals surface area contributed by atoms with Crippen LogP contribution in [-0.2, 0) is 11.2 Å². The molecule has 2 aromatic rings. The quantitative estimate of drug-likeness (QED) is 0.755. The van der Waals surface area contributed by atoms with Crippen LogP contribution < -0.4 is 5.32 Å². The van der Waals surface area contributed by atoms with E-state index in [0.717, 1.165) is 12.0 Å². The third-order valence-electron chi connectivity index (χ3n) is 2.92. The molecule has 7 heteroatoms. The summed E-state index contributed by atoms with van der Waals surface area (Å²) in [6, 6.07) is 7.39. The molecule has 0 atom stereocenters. The van der Waals surface area contributed by atoms with Gasteiger partial charge in [-0.2, -0.15) is 0 Å². The third-order valence-corrected chi connectivity index (χ3v) is 3.28. The molecule has 0 fully saturated rings. The highest BCUT2D eigenvalue weighted by molar-refractivity contribution is 6.31. The second kappa shape index (κ2) is 8.51. The molecule has 1 heterocycles. The number of halogens is 1. The fraction of sp³-hybridized carbons (Fsp3) is 0.400. The van der Waals surface area contributed by atoms with E-state index in [-0.39, 0.29) is 11.8 Å². The van der Waals surface area contributed by atoms with E-state index in [0.29, 0.717) is 37.1 Å². The van der Waals surface area contributed by atoms with Crippen LogP contribution in [0.3, 0.4) is 0 Å². The molecule has 118 valence electrons. The minimum atomic E-state index is -0.380. The van der Waals surface area contributed by atoms with E-state index in [1.54, 1.807) is 6.07 Å². The molecule has 1 aromatic carbocycles. The van der Waals surface area contributed by atoms with Crippen molar-refractivity contribution in [1.82, 2.24) is 15.5 Å². The molecule has 0 bridgehead atoms. The number of carbonyl (C=O) groups is 1. The van der Waals surface area contributed by atoms with Crippen molar-refractivity contribution >= 4 is 17.5 Å². The first-order chi connectivity index (χ1) is 10.7. The van der Waals surface area contributed by atoms with Gasteiger partial charge in [0, 0.05) is 24.8 Å². The molecule has 0 aliphatic carbocycles. The Kier molecular flexibility index (Phi) is 6.36. The van der Waals surface area contributed by atoms with E-state index in [2.05, 4.69) is 15.5 Å². The lowest BCUT2D eigenvalue weighted by molar-refractivity contribution is 0.0908. The number of hydrogen-bond donors (Lipinski definition) is 1. The number of hydrogen-bond acceptors (Lipinski definition) is 5. The Bertz CT molecular complexity index is 616. The molecule has 1 N–H and O–H groups in total. The Morgan fingerprint density at radius 2 is 2.18 bits per heavy atom. The number of rotatable bonds is 8.